The van der Waals surface area contributed by atoms with Gasteiger partial charge >= 0.3 is 0 Å². The maximum atomic E-state index is 12.8. The van der Waals surface area contributed by atoms with Crippen molar-refractivity contribution in [2.75, 3.05) is 11.4 Å². The summed E-state index contributed by atoms with van der Waals surface area (Å²) in [6, 6.07) is 13.6. The zero-order valence-corrected chi connectivity index (χ0v) is 15.0. The molecule has 1 amide bonds. The first-order valence-electron chi connectivity index (χ1n) is 7.72. The second kappa shape index (κ2) is 7.25. The zero-order chi connectivity index (χ0) is 18.0. The van der Waals surface area contributed by atoms with E-state index in [1.54, 1.807) is 4.90 Å². The van der Waals surface area contributed by atoms with Gasteiger partial charge in [-0.2, -0.15) is 5.10 Å². The molecule has 0 saturated carbocycles. The Kier molecular flexibility index (Phi) is 5.06. The van der Waals surface area contributed by atoms with Crippen molar-refractivity contribution in [1.29, 1.82) is 0 Å². The monoisotopic (exact) mass is 375 g/mol. The maximum Gasteiger partial charge on any atom is 0.287 e. The molecule has 2 aromatic carbocycles. The van der Waals surface area contributed by atoms with Crippen molar-refractivity contribution >= 4 is 45.6 Å². The van der Waals surface area contributed by atoms with Crippen LogP contribution in [0.5, 0.6) is 0 Å². The summed E-state index contributed by atoms with van der Waals surface area (Å²) >= 11 is 11.6. The third-order valence-corrected chi connectivity index (χ3v) is 4.65. The molecule has 0 N–H and O–H groups in total. The van der Waals surface area contributed by atoms with Crippen molar-refractivity contribution in [3.63, 3.8) is 0 Å². The first kappa shape index (κ1) is 17.5. The van der Waals surface area contributed by atoms with E-state index in [1.165, 1.54) is 6.20 Å². The second-order valence-corrected chi connectivity index (χ2v) is 6.19. The summed E-state index contributed by atoms with van der Waals surface area (Å²) < 4.78 is 1.02. The summed E-state index contributed by atoms with van der Waals surface area (Å²) in [7, 11) is 0. The molecule has 1 heterocycles. The van der Waals surface area contributed by atoms with Crippen LogP contribution in [0.2, 0.25) is 10.0 Å². The van der Waals surface area contributed by atoms with Gasteiger partial charge in [-0.1, -0.05) is 59.6 Å². The van der Waals surface area contributed by atoms with E-state index in [4.69, 9.17) is 23.2 Å². The number of hydrogen-bond donors (Lipinski definition) is 0. The van der Waals surface area contributed by atoms with Crippen LogP contribution < -0.4 is 10.5 Å². The fourth-order valence-corrected chi connectivity index (χ4v) is 2.97. The third kappa shape index (κ3) is 3.38. The molecular formula is C18H15Cl2N3O2. The molecule has 0 aliphatic rings. The van der Waals surface area contributed by atoms with Crippen molar-refractivity contribution in [2.45, 2.75) is 13.5 Å². The van der Waals surface area contributed by atoms with Gasteiger partial charge in [0.2, 0.25) is 5.91 Å². The van der Waals surface area contributed by atoms with Crippen LogP contribution in [0.3, 0.4) is 0 Å². The summed E-state index contributed by atoms with van der Waals surface area (Å²) in [5.74, 6) is -0.258. The molecule has 128 valence electrons. The van der Waals surface area contributed by atoms with Crippen molar-refractivity contribution in [1.82, 2.24) is 9.78 Å². The van der Waals surface area contributed by atoms with E-state index >= 15 is 0 Å². The molecule has 3 aromatic rings. The first-order chi connectivity index (χ1) is 12.0. The topological polar surface area (TPSA) is 55.2 Å². The first-order valence-corrected chi connectivity index (χ1v) is 8.47. The molecule has 0 atom stereocenters. The SMILES string of the molecule is CCN(C(=O)Cn1ncc(Cl)c(Cl)c1=O)c1cccc2ccccc12. The van der Waals surface area contributed by atoms with Gasteiger partial charge in [0.1, 0.15) is 11.6 Å². The number of carbonyl (C=O) groups excluding carboxylic acids is 1. The fraction of sp³-hybridized carbons (Fsp3) is 0.167. The number of carbonyl (C=O) groups is 1. The van der Waals surface area contributed by atoms with Crippen molar-refractivity contribution < 1.29 is 4.79 Å². The average molecular weight is 376 g/mol. The lowest BCUT2D eigenvalue weighted by Gasteiger charge is -2.23. The zero-order valence-electron chi connectivity index (χ0n) is 13.4. The number of fused-ring (bicyclic) bond motifs is 1. The molecule has 0 fully saturated rings. The highest BCUT2D eigenvalue weighted by Gasteiger charge is 2.18. The Morgan fingerprint density at radius 3 is 2.64 bits per heavy atom. The van der Waals surface area contributed by atoms with E-state index in [-0.39, 0.29) is 22.5 Å². The Morgan fingerprint density at radius 1 is 1.16 bits per heavy atom. The van der Waals surface area contributed by atoms with Crippen LogP contribution in [0.4, 0.5) is 5.69 Å². The second-order valence-electron chi connectivity index (χ2n) is 5.41. The fourth-order valence-electron chi connectivity index (χ4n) is 2.70. The Labute approximate surface area is 154 Å². The van der Waals surface area contributed by atoms with Crippen LogP contribution in [-0.2, 0) is 11.3 Å². The largest absolute Gasteiger partial charge is 0.310 e. The quantitative estimate of drug-likeness (QED) is 0.697. The summed E-state index contributed by atoms with van der Waals surface area (Å²) in [4.78, 5) is 26.5. The van der Waals surface area contributed by atoms with Gasteiger partial charge in [-0.3, -0.25) is 9.59 Å². The summed E-state index contributed by atoms with van der Waals surface area (Å²) in [5.41, 5.74) is 0.204. The van der Waals surface area contributed by atoms with Gasteiger partial charge in [0.05, 0.1) is 16.9 Å². The molecule has 5 nitrogen and oxygen atoms in total. The Hall–Kier alpha value is -2.37. The molecular weight excluding hydrogens is 361 g/mol. The van der Waals surface area contributed by atoms with Gasteiger partial charge in [-0.15, -0.1) is 0 Å². The highest BCUT2D eigenvalue weighted by molar-refractivity contribution is 6.41. The number of anilines is 1. The van der Waals surface area contributed by atoms with Gasteiger partial charge in [0, 0.05) is 11.9 Å². The highest BCUT2D eigenvalue weighted by Crippen LogP contribution is 2.26. The average Bonchev–Trinajstić information content (AvgIpc) is 2.63. The predicted octanol–water partition coefficient (Wildman–Crippen LogP) is 3.76. The molecule has 0 bridgehead atoms. The minimum atomic E-state index is -0.587. The van der Waals surface area contributed by atoms with Crippen LogP contribution >= 0.6 is 23.2 Å². The van der Waals surface area contributed by atoms with Crippen LogP contribution in [-0.4, -0.2) is 22.2 Å². The van der Waals surface area contributed by atoms with Gasteiger partial charge in [0.15, 0.2) is 0 Å². The van der Waals surface area contributed by atoms with Crippen LogP contribution in [0.1, 0.15) is 6.92 Å². The van der Waals surface area contributed by atoms with E-state index < -0.39 is 5.56 Å². The Bertz CT molecular complexity index is 996. The summed E-state index contributed by atoms with van der Waals surface area (Å²) in [5, 5.41) is 5.82. The number of hydrogen-bond acceptors (Lipinski definition) is 3. The molecule has 0 unspecified atom stereocenters. The lowest BCUT2D eigenvalue weighted by Crippen LogP contribution is -2.37. The number of nitrogens with zero attached hydrogens (tertiary/aromatic N) is 3. The standard InChI is InChI=1S/C18H15Cl2N3O2/c1-2-22(15-9-5-7-12-6-3-4-8-13(12)15)16(24)11-23-18(25)17(20)14(19)10-21-23/h3-10H,2,11H2,1H3. The molecule has 0 aliphatic carbocycles. The van der Waals surface area contributed by atoms with Crippen LogP contribution in [0.25, 0.3) is 10.8 Å². The number of amides is 1. The van der Waals surface area contributed by atoms with Gasteiger partial charge < -0.3 is 4.90 Å². The number of aromatic nitrogens is 2. The van der Waals surface area contributed by atoms with E-state index in [0.717, 1.165) is 21.1 Å². The van der Waals surface area contributed by atoms with Crippen LogP contribution in [0.15, 0.2) is 53.5 Å². The smallest absolute Gasteiger partial charge is 0.287 e. The maximum absolute atomic E-state index is 12.8. The van der Waals surface area contributed by atoms with Crippen molar-refractivity contribution in [2.24, 2.45) is 0 Å². The molecule has 7 heteroatoms. The predicted molar refractivity (Wildman–Crippen MR) is 100 cm³/mol. The molecule has 0 spiro atoms. The Balaban J connectivity index is 1.97. The lowest BCUT2D eigenvalue weighted by molar-refractivity contribution is -0.119. The third-order valence-electron chi connectivity index (χ3n) is 3.90. The normalized spacial score (nSPS) is 10.8. The molecule has 0 radical (unpaired) electrons. The van der Waals surface area contributed by atoms with Crippen molar-refractivity contribution in [3.05, 3.63) is 69.1 Å². The number of halogens is 2. The van der Waals surface area contributed by atoms with E-state index in [1.807, 2.05) is 49.4 Å². The number of rotatable bonds is 4. The highest BCUT2D eigenvalue weighted by atomic mass is 35.5. The molecule has 3 rings (SSSR count). The van der Waals surface area contributed by atoms with Crippen molar-refractivity contribution in [3.8, 4) is 0 Å². The minimum Gasteiger partial charge on any atom is -0.310 e. The lowest BCUT2D eigenvalue weighted by atomic mass is 10.1. The molecule has 0 saturated heterocycles. The summed E-state index contributed by atoms with van der Waals surface area (Å²) in [6.07, 6.45) is 1.26. The number of benzene rings is 2. The van der Waals surface area contributed by atoms with Crippen LogP contribution in [0, 0.1) is 0 Å². The molecule has 25 heavy (non-hydrogen) atoms. The molecule has 1 aromatic heterocycles. The van der Waals surface area contributed by atoms with E-state index in [9.17, 15) is 9.59 Å². The van der Waals surface area contributed by atoms with E-state index in [2.05, 4.69) is 5.10 Å². The van der Waals surface area contributed by atoms with Gasteiger partial charge in [-0.05, 0) is 18.4 Å². The minimum absolute atomic E-state index is 0.0665. The summed E-state index contributed by atoms with van der Waals surface area (Å²) in [6.45, 7) is 2.13. The number of likely N-dealkylation sites (N-methyl/N-ethyl adjacent to an activating group) is 1. The van der Waals surface area contributed by atoms with Gasteiger partial charge in [-0.25, -0.2) is 4.68 Å². The van der Waals surface area contributed by atoms with E-state index in [0.29, 0.717) is 6.54 Å². The van der Waals surface area contributed by atoms with Gasteiger partial charge in [0.25, 0.3) is 5.56 Å². The molecule has 0 aliphatic heterocycles. The Morgan fingerprint density at radius 2 is 1.88 bits per heavy atom.